The van der Waals surface area contributed by atoms with Gasteiger partial charge in [-0.3, -0.25) is 0 Å². The Kier molecular flexibility index (Phi) is 4.40. The zero-order valence-corrected chi connectivity index (χ0v) is 12.5. The van der Waals surface area contributed by atoms with Gasteiger partial charge in [-0.15, -0.1) is 0 Å². The van der Waals surface area contributed by atoms with E-state index < -0.39 is 10.0 Å². The lowest BCUT2D eigenvalue weighted by atomic mass is 10.1. The molecule has 1 aromatic carbocycles. The molecule has 0 aromatic heterocycles. The molecule has 102 valence electrons. The van der Waals surface area contributed by atoms with Gasteiger partial charge in [0.1, 0.15) is 0 Å². The maximum atomic E-state index is 12.4. The standard InChI is InChI=1S/C13H22N2O2S/c1-9(2)8-15(5)18(16,17)12-6-10(3)11(4)13(14)7-12/h6-7,9H,8,14H2,1-5H3. The second-order valence-electron chi connectivity index (χ2n) is 5.13. The van der Waals surface area contributed by atoms with Gasteiger partial charge >= 0.3 is 0 Å². The summed E-state index contributed by atoms with van der Waals surface area (Å²) in [5, 5.41) is 0. The highest BCUT2D eigenvalue weighted by Gasteiger charge is 2.22. The summed E-state index contributed by atoms with van der Waals surface area (Å²) in [6.45, 7) is 8.22. The van der Waals surface area contributed by atoms with Gasteiger partial charge in [0.2, 0.25) is 10.0 Å². The first-order chi connectivity index (χ1) is 8.16. The molecule has 0 saturated carbocycles. The molecule has 0 amide bonds. The Morgan fingerprint density at radius 1 is 1.28 bits per heavy atom. The number of anilines is 1. The Labute approximate surface area is 110 Å². The first-order valence-electron chi connectivity index (χ1n) is 5.99. The van der Waals surface area contributed by atoms with Crippen LogP contribution in [0.15, 0.2) is 17.0 Å². The Bertz CT molecular complexity index is 513. The van der Waals surface area contributed by atoms with Crippen molar-refractivity contribution in [1.82, 2.24) is 4.31 Å². The van der Waals surface area contributed by atoms with Gasteiger partial charge in [0.15, 0.2) is 0 Å². The van der Waals surface area contributed by atoms with Crippen LogP contribution >= 0.6 is 0 Å². The van der Waals surface area contributed by atoms with E-state index in [1.165, 1.54) is 10.4 Å². The number of aryl methyl sites for hydroxylation is 1. The summed E-state index contributed by atoms with van der Waals surface area (Å²) in [5.74, 6) is 0.286. The van der Waals surface area contributed by atoms with Crippen LogP contribution in [-0.4, -0.2) is 26.3 Å². The van der Waals surface area contributed by atoms with Crippen molar-refractivity contribution in [3.05, 3.63) is 23.3 Å². The molecule has 0 atom stereocenters. The van der Waals surface area contributed by atoms with Crippen molar-refractivity contribution >= 4 is 15.7 Å². The molecule has 0 fully saturated rings. The van der Waals surface area contributed by atoms with Crippen molar-refractivity contribution < 1.29 is 8.42 Å². The summed E-state index contributed by atoms with van der Waals surface area (Å²) in [6, 6.07) is 3.21. The summed E-state index contributed by atoms with van der Waals surface area (Å²) < 4.78 is 26.1. The fourth-order valence-corrected chi connectivity index (χ4v) is 3.25. The van der Waals surface area contributed by atoms with Crippen LogP contribution < -0.4 is 5.73 Å². The lowest BCUT2D eigenvalue weighted by Gasteiger charge is -2.20. The number of sulfonamides is 1. The SMILES string of the molecule is Cc1cc(S(=O)(=O)N(C)CC(C)C)cc(N)c1C. The first kappa shape index (κ1) is 15.0. The second-order valence-corrected chi connectivity index (χ2v) is 7.18. The molecule has 1 rings (SSSR count). The average molecular weight is 270 g/mol. The van der Waals surface area contributed by atoms with Crippen LogP contribution in [0.4, 0.5) is 5.69 Å². The zero-order chi connectivity index (χ0) is 14.1. The first-order valence-corrected chi connectivity index (χ1v) is 7.43. The maximum absolute atomic E-state index is 12.4. The molecule has 4 nitrogen and oxygen atoms in total. The molecule has 1 aromatic rings. The van der Waals surface area contributed by atoms with Crippen LogP contribution in [0.3, 0.4) is 0 Å². The lowest BCUT2D eigenvalue weighted by Crippen LogP contribution is -2.30. The topological polar surface area (TPSA) is 63.4 Å². The van der Waals surface area contributed by atoms with E-state index in [9.17, 15) is 8.42 Å². The Balaban J connectivity index is 3.21. The summed E-state index contributed by atoms with van der Waals surface area (Å²) in [7, 11) is -1.84. The number of hydrogen-bond acceptors (Lipinski definition) is 3. The van der Waals surface area contributed by atoms with Crippen LogP contribution in [0.25, 0.3) is 0 Å². The van der Waals surface area contributed by atoms with E-state index in [0.29, 0.717) is 12.2 Å². The molecular weight excluding hydrogens is 248 g/mol. The Morgan fingerprint density at radius 2 is 1.83 bits per heavy atom. The van der Waals surface area contributed by atoms with Crippen molar-refractivity contribution in [3.8, 4) is 0 Å². The van der Waals surface area contributed by atoms with Crippen LogP contribution in [0.1, 0.15) is 25.0 Å². The predicted octanol–water partition coefficient (Wildman–Crippen LogP) is 2.16. The fraction of sp³-hybridized carbons (Fsp3) is 0.538. The largest absolute Gasteiger partial charge is 0.398 e. The number of nitrogens with two attached hydrogens (primary N) is 1. The summed E-state index contributed by atoms with van der Waals surface area (Å²) >= 11 is 0. The smallest absolute Gasteiger partial charge is 0.242 e. The molecule has 0 aliphatic carbocycles. The predicted molar refractivity (Wildman–Crippen MR) is 75.0 cm³/mol. The van der Waals surface area contributed by atoms with Gasteiger partial charge < -0.3 is 5.73 Å². The minimum absolute atomic E-state index is 0.270. The average Bonchev–Trinajstić information content (AvgIpc) is 2.24. The zero-order valence-electron chi connectivity index (χ0n) is 11.7. The Morgan fingerprint density at radius 3 is 2.28 bits per heavy atom. The van der Waals surface area contributed by atoms with Crippen molar-refractivity contribution in [2.75, 3.05) is 19.3 Å². The molecule has 0 unspecified atom stereocenters. The molecule has 0 spiro atoms. The van der Waals surface area contributed by atoms with E-state index in [0.717, 1.165) is 11.1 Å². The van der Waals surface area contributed by atoms with E-state index in [4.69, 9.17) is 5.73 Å². The molecule has 0 aliphatic heterocycles. The number of hydrogen-bond donors (Lipinski definition) is 1. The highest BCUT2D eigenvalue weighted by atomic mass is 32.2. The lowest BCUT2D eigenvalue weighted by molar-refractivity contribution is 0.417. The maximum Gasteiger partial charge on any atom is 0.242 e. The van der Waals surface area contributed by atoms with Crippen molar-refractivity contribution in [3.63, 3.8) is 0 Å². The van der Waals surface area contributed by atoms with E-state index in [-0.39, 0.29) is 10.8 Å². The van der Waals surface area contributed by atoms with E-state index >= 15 is 0 Å². The molecule has 18 heavy (non-hydrogen) atoms. The third-order valence-electron chi connectivity index (χ3n) is 3.01. The van der Waals surface area contributed by atoms with Gasteiger partial charge in [-0.25, -0.2) is 12.7 Å². The minimum atomic E-state index is -3.44. The summed E-state index contributed by atoms with van der Waals surface area (Å²) in [6.07, 6.45) is 0. The second kappa shape index (κ2) is 5.28. The van der Waals surface area contributed by atoms with Gasteiger partial charge in [-0.1, -0.05) is 13.8 Å². The Hall–Kier alpha value is -1.07. The van der Waals surface area contributed by atoms with E-state index in [1.807, 2.05) is 27.7 Å². The number of rotatable bonds is 4. The third kappa shape index (κ3) is 3.03. The third-order valence-corrected chi connectivity index (χ3v) is 4.81. The number of nitrogens with zero attached hydrogens (tertiary/aromatic N) is 1. The van der Waals surface area contributed by atoms with Crippen molar-refractivity contribution in [2.24, 2.45) is 5.92 Å². The molecule has 0 saturated heterocycles. The quantitative estimate of drug-likeness (QED) is 0.853. The highest BCUT2D eigenvalue weighted by Crippen LogP contribution is 2.23. The molecular formula is C13H22N2O2S. The molecule has 2 N–H and O–H groups in total. The molecule has 0 aliphatic rings. The van der Waals surface area contributed by atoms with Gasteiger partial charge in [0, 0.05) is 19.3 Å². The van der Waals surface area contributed by atoms with Crippen molar-refractivity contribution in [1.29, 1.82) is 0 Å². The molecule has 0 radical (unpaired) electrons. The fourth-order valence-electron chi connectivity index (χ4n) is 1.79. The monoisotopic (exact) mass is 270 g/mol. The van der Waals surface area contributed by atoms with E-state index in [2.05, 4.69) is 0 Å². The molecule has 5 heteroatoms. The summed E-state index contributed by atoms with van der Waals surface area (Å²) in [4.78, 5) is 0.270. The number of nitrogen functional groups attached to an aromatic ring is 1. The van der Waals surface area contributed by atoms with Crippen LogP contribution in [-0.2, 0) is 10.0 Å². The van der Waals surface area contributed by atoms with Gasteiger partial charge in [0.05, 0.1) is 4.90 Å². The highest BCUT2D eigenvalue weighted by molar-refractivity contribution is 7.89. The van der Waals surface area contributed by atoms with Crippen LogP contribution in [0, 0.1) is 19.8 Å². The summed E-state index contributed by atoms with van der Waals surface area (Å²) in [5.41, 5.74) is 8.18. The van der Waals surface area contributed by atoms with Gasteiger partial charge in [-0.05, 0) is 43.0 Å². The normalized spacial score (nSPS) is 12.4. The van der Waals surface area contributed by atoms with Crippen LogP contribution in [0.2, 0.25) is 0 Å². The molecule has 0 heterocycles. The van der Waals surface area contributed by atoms with Crippen LogP contribution in [0.5, 0.6) is 0 Å². The van der Waals surface area contributed by atoms with Crippen molar-refractivity contribution in [2.45, 2.75) is 32.6 Å². The number of benzene rings is 1. The van der Waals surface area contributed by atoms with Gasteiger partial charge in [0.25, 0.3) is 0 Å². The minimum Gasteiger partial charge on any atom is -0.398 e. The van der Waals surface area contributed by atoms with Gasteiger partial charge in [-0.2, -0.15) is 0 Å². The van der Waals surface area contributed by atoms with E-state index in [1.54, 1.807) is 13.1 Å². The molecule has 0 bridgehead atoms.